The van der Waals surface area contributed by atoms with E-state index in [4.69, 9.17) is 0 Å². The van der Waals surface area contributed by atoms with Crippen LogP contribution in [0.1, 0.15) is 0 Å². The predicted molar refractivity (Wildman–Crippen MR) is 132 cm³/mol. The molecule has 0 saturated heterocycles. The van der Waals surface area contributed by atoms with Crippen molar-refractivity contribution in [1.29, 1.82) is 0 Å². The number of anilines is 2. The molecule has 0 aliphatic heterocycles. The van der Waals surface area contributed by atoms with Crippen LogP contribution >= 0.6 is 0 Å². The zero-order valence-electron chi connectivity index (χ0n) is 17.2. The summed E-state index contributed by atoms with van der Waals surface area (Å²) in [5, 5.41) is 3.53. The Bertz CT molecular complexity index is 1260. The predicted octanol–water partition coefficient (Wildman–Crippen LogP) is 8.43. The average Bonchev–Trinajstić information content (AvgIpc) is 2.86. The minimum atomic E-state index is 1.08. The molecule has 0 aromatic heterocycles. The van der Waals surface area contributed by atoms with E-state index in [-0.39, 0.29) is 0 Å². The summed E-state index contributed by atoms with van der Waals surface area (Å²) in [4.78, 5) is 0. The fourth-order valence-corrected chi connectivity index (χ4v) is 3.89. The molecule has 0 heterocycles. The molecule has 1 nitrogen and oxygen atoms in total. The van der Waals surface area contributed by atoms with Crippen molar-refractivity contribution in [2.45, 2.75) is 0 Å². The van der Waals surface area contributed by atoms with Gasteiger partial charge in [0.25, 0.3) is 0 Å². The Morgan fingerprint density at radius 3 is 1.45 bits per heavy atom. The van der Waals surface area contributed by atoms with Gasteiger partial charge in [-0.15, -0.1) is 0 Å². The van der Waals surface area contributed by atoms with Crippen LogP contribution in [0.3, 0.4) is 0 Å². The summed E-state index contributed by atoms with van der Waals surface area (Å²) in [5.74, 6) is 0. The van der Waals surface area contributed by atoms with E-state index in [0.29, 0.717) is 0 Å². The molecule has 0 unspecified atom stereocenters. The maximum atomic E-state index is 3.53. The molecule has 0 spiro atoms. The molecule has 5 rings (SSSR count). The van der Waals surface area contributed by atoms with E-state index >= 15 is 0 Å². The lowest BCUT2D eigenvalue weighted by molar-refractivity contribution is 1.52. The number of rotatable bonds is 5. The fourth-order valence-electron chi connectivity index (χ4n) is 3.89. The van der Waals surface area contributed by atoms with Crippen molar-refractivity contribution in [2.24, 2.45) is 0 Å². The second kappa shape index (κ2) is 8.73. The highest BCUT2D eigenvalue weighted by atomic mass is 14.9. The van der Waals surface area contributed by atoms with Crippen LogP contribution in [0, 0.1) is 0 Å². The van der Waals surface area contributed by atoms with Crippen LogP contribution < -0.4 is 5.32 Å². The van der Waals surface area contributed by atoms with Gasteiger partial charge >= 0.3 is 0 Å². The molecule has 5 aromatic carbocycles. The smallest absolute Gasteiger partial charge is 0.0390 e. The van der Waals surface area contributed by atoms with Gasteiger partial charge in [-0.3, -0.25) is 0 Å². The molecule has 31 heavy (non-hydrogen) atoms. The molecule has 1 heteroatoms. The summed E-state index contributed by atoms with van der Waals surface area (Å²) in [5.41, 5.74) is 9.49. The average molecular weight is 398 g/mol. The molecular formula is C30H23N. The Labute approximate surface area is 183 Å². The molecule has 0 atom stereocenters. The first kappa shape index (κ1) is 18.9. The summed E-state index contributed by atoms with van der Waals surface area (Å²) >= 11 is 0. The Hall–Kier alpha value is -4.10. The van der Waals surface area contributed by atoms with E-state index < -0.39 is 0 Å². The van der Waals surface area contributed by atoms with E-state index in [0.717, 1.165) is 11.4 Å². The molecule has 0 fully saturated rings. The normalized spacial score (nSPS) is 10.6. The largest absolute Gasteiger partial charge is 0.356 e. The van der Waals surface area contributed by atoms with Gasteiger partial charge in [0.15, 0.2) is 0 Å². The van der Waals surface area contributed by atoms with Gasteiger partial charge in [-0.25, -0.2) is 0 Å². The summed E-state index contributed by atoms with van der Waals surface area (Å²) in [6.45, 7) is 0. The van der Waals surface area contributed by atoms with Gasteiger partial charge in [0.05, 0.1) is 0 Å². The van der Waals surface area contributed by atoms with Crippen LogP contribution in [0.25, 0.3) is 33.4 Å². The highest BCUT2D eigenvalue weighted by Gasteiger charge is 2.10. The van der Waals surface area contributed by atoms with Crippen LogP contribution in [0.4, 0.5) is 11.4 Å². The Kier molecular flexibility index (Phi) is 5.32. The van der Waals surface area contributed by atoms with E-state index in [1.165, 1.54) is 33.4 Å². The second-order valence-electron chi connectivity index (χ2n) is 7.56. The number of nitrogens with one attached hydrogen (secondary N) is 1. The van der Waals surface area contributed by atoms with E-state index in [1.54, 1.807) is 0 Å². The Morgan fingerprint density at radius 1 is 0.323 bits per heavy atom. The highest BCUT2D eigenvalue weighted by molar-refractivity contribution is 5.87. The van der Waals surface area contributed by atoms with Gasteiger partial charge < -0.3 is 5.32 Å². The van der Waals surface area contributed by atoms with Gasteiger partial charge in [0.1, 0.15) is 0 Å². The number of para-hydroxylation sites is 1. The molecule has 1 N–H and O–H groups in total. The van der Waals surface area contributed by atoms with Crippen molar-refractivity contribution >= 4 is 11.4 Å². The maximum absolute atomic E-state index is 3.53. The van der Waals surface area contributed by atoms with Crippen molar-refractivity contribution in [3.63, 3.8) is 0 Å². The maximum Gasteiger partial charge on any atom is 0.0390 e. The Morgan fingerprint density at radius 2 is 0.806 bits per heavy atom. The van der Waals surface area contributed by atoms with E-state index in [2.05, 4.69) is 121 Å². The molecule has 0 saturated carbocycles. The molecule has 0 aliphatic rings. The molecule has 0 radical (unpaired) electrons. The molecule has 0 bridgehead atoms. The van der Waals surface area contributed by atoms with Crippen molar-refractivity contribution in [3.05, 3.63) is 133 Å². The highest BCUT2D eigenvalue weighted by Crippen LogP contribution is 2.36. The van der Waals surface area contributed by atoms with Crippen molar-refractivity contribution in [3.8, 4) is 33.4 Å². The third kappa shape index (κ3) is 4.26. The first-order valence-corrected chi connectivity index (χ1v) is 10.5. The quantitative estimate of drug-likeness (QED) is 0.314. The summed E-state index contributed by atoms with van der Waals surface area (Å²) in [7, 11) is 0. The Balaban J connectivity index is 1.57. The van der Waals surface area contributed by atoms with Crippen molar-refractivity contribution in [2.75, 3.05) is 5.32 Å². The molecule has 0 amide bonds. The van der Waals surface area contributed by atoms with Gasteiger partial charge in [-0.05, 0) is 57.6 Å². The summed E-state index contributed by atoms with van der Waals surface area (Å²) < 4.78 is 0. The molecule has 0 aliphatic carbocycles. The first-order valence-electron chi connectivity index (χ1n) is 10.5. The minimum Gasteiger partial charge on any atom is -0.356 e. The SMILES string of the molecule is c1ccc(Nc2ccc(-c3ccccc3)c(-c3ccc(-c4ccccc4)cc3)c2)cc1. The molecule has 148 valence electrons. The summed E-state index contributed by atoms with van der Waals surface area (Å²) in [6.07, 6.45) is 0. The standard InChI is InChI=1S/C30H23N/c1-4-10-23(11-5-1)24-16-18-26(19-17-24)30-22-28(31-27-14-8-3-9-15-27)20-21-29(30)25-12-6-2-7-13-25/h1-22,31H. The van der Waals surface area contributed by atoms with E-state index in [1.807, 2.05) is 18.2 Å². The molecular weight excluding hydrogens is 374 g/mol. The zero-order chi connectivity index (χ0) is 20.9. The third-order valence-corrected chi connectivity index (χ3v) is 5.47. The number of benzene rings is 5. The lowest BCUT2D eigenvalue weighted by atomic mass is 9.93. The zero-order valence-corrected chi connectivity index (χ0v) is 17.2. The fraction of sp³-hybridized carbons (Fsp3) is 0. The van der Waals surface area contributed by atoms with Crippen LogP contribution in [-0.2, 0) is 0 Å². The monoisotopic (exact) mass is 397 g/mol. The number of hydrogen-bond donors (Lipinski definition) is 1. The topological polar surface area (TPSA) is 12.0 Å². The lowest BCUT2D eigenvalue weighted by Gasteiger charge is -2.15. The van der Waals surface area contributed by atoms with Gasteiger partial charge in [0, 0.05) is 11.4 Å². The van der Waals surface area contributed by atoms with Gasteiger partial charge in [-0.2, -0.15) is 0 Å². The van der Waals surface area contributed by atoms with Crippen LogP contribution in [0.5, 0.6) is 0 Å². The van der Waals surface area contributed by atoms with Crippen molar-refractivity contribution in [1.82, 2.24) is 0 Å². The second-order valence-corrected chi connectivity index (χ2v) is 7.56. The van der Waals surface area contributed by atoms with Crippen LogP contribution in [0.15, 0.2) is 133 Å². The first-order chi connectivity index (χ1) is 15.4. The van der Waals surface area contributed by atoms with Crippen molar-refractivity contribution < 1.29 is 0 Å². The van der Waals surface area contributed by atoms with Crippen LogP contribution in [-0.4, -0.2) is 0 Å². The molecule has 5 aromatic rings. The van der Waals surface area contributed by atoms with E-state index in [9.17, 15) is 0 Å². The summed E-state index contributed by atoms with van der Waals surface area (Å²) in [6, 6.07) is 46.8. The van der Waals surface area contributed by atoms with Crippen LogP contribution in [0.2, 0.25) is 0 Å². The lowest BCUT2D eigenvalue weighted by Crippen LogP contribution is -1.92. The number of hydrogen-bond acceptors (Lipinski definition) is 1. The third-order valence-electron chi connectivity index (χ3n) is 5.47. The van der Waals surface area contributed by atoms with Gasteiger partial charge in [-0.1, -0.05) is 109 Å². The minimum absolute atomic E-state index is 1.08. The van der Waals surface area contributed by atoms with Gasteiger partial charge in [0.2, 0.25) is 0 Å².